The molecule has 11 heteroatoms. The van der Waals surface area contributed by atoms with Gasteiger partial charge in [0.2, 0.25) is 0 Å². The fraction of sp³-hybridized carbons (Fsp3) is 0.0909. The summed E-state index contributed by atoms with van der Waals surface area (Å²) in [6, 6.07) is 27.8. The number of methoxy groups -OCH3 is 1. The number of nitrogens with one attached hydrogen (secondary N) is 3. The lowest BCUT2D eigenvalue weighted by Gasteiger charge is -2.13. The third-order valence-electron chi connectivity index (χ3n) is 6.29. The molecule has 5 aromatic rings. The molecule has 4 aromatic carbocycles. The first kappa shape index (κ1) is 30.5. The van der Waals surface area contributed by atoms with Crippen molar-refractivity contribution in [1.29, 1.82) is 0 Å². The van der Waals surface area contributed by atoms with Crippen LogP contribution in [0, 0.1) is 6.92 Å². The molecule has 0 aliphatic heterocycles. The predicted molar refractivity (Wildman–Crippen MR) is 178 cm³/mol. The summed E-state index contributed by atoms with van der Waals surface area (Å²) in [6.45, 7) is 1.84. The molecule has 0 saturated heterocycles. The largest absolute Gasteiger partial charge is 0.493 e. The van der Waals surface area contributed by atoms with Crippen molar-refractivity contribution in [1.82, 2.24) is 10.4 Å². The Morgan fingerprint density at radius 1 is 0.977 bits per heavy atom. The zero-order valence-electron chi connectivity index (χ0n) is 23.8. The summed E-state index contributed by atoms with van der Waals surface area (Å²) in [5.74, 6) is 0.103. The molecule has 0 aliphatic carbocycles. The van der Waals surface area contributed by atoms with Gasteiger partial charge in [-0.25, -0.2) is 10.4 Å². The van der Waals surface area contributed by atoms with E-state index in [-0.39, 0.29) is 18.4 Å². The van der Waals surface area contributed by atoms with E-state index in [0.717, 1.165) is 22.1 Å². The van der Waals surface area contributed by atoms with Gasteiger partial charge in [0.25, 0.3) is 11.8 Å². The number of para-hydroxylation sites is 1. The number of anilines is 3. The average molecular weight is 671 g/mol. The molecular weight excluding hydrogens is 642 g/mol. The summed E-state index contributed by atoms with van der Waals surface area (Å²) in [5, 5.41) is 12.9. The standard InChI is InChI=1S/C33H28BrN5O4S/c1-21-8-14-26(15-9-21)37-33-38-28(20-44-33)23-10-12-24(13-11-23)32(41)39-35-18-22-16-27(34)31(29(17-22)42-2)43-19-30(40)36-25-6-4-3-5-7-25/h3-18,20H,19H2,1-2H3,(H,36,40)(H,37,38)(H,39,41)/b35-18+. The number of thiazole rings is 1. The van der Waals surface area contributed by atoms with Crippen molar-refractivity contribution >= 4 is 61.8 Å². The van der Waals surface area contributed by atoms with Crippen LogP contribution in [0.3, 0.4) is 0 Å². The molecule has 1 heterocycles. The van der Waals surface area contributed by atoms with Crippen LogP contribution in [0.25, 0.3) is 11.3 Å². The van der Waals surface area contributed by atoms with Crippen LogP contribution in [0.4, 0.5) is 16.5 Å². The first-order valence-electron chi connectivity index (χ1n) is 13.5. The minimum atomic E-state index is -0.358. The second kappa shape index (κ2) is 14.5. The fourth-order valence-corrected chi connectivity index (χ4v) is 5.37. The van der Waals surface area contributed by atoms with Crippen LogP contribution >= 0.6 is 27.3 Å². The molecule has 0 radical (unpaired) electrons. The number of carbonyl (C=O) groups is 2. The molecular formula is C33H28BrN5O4S. The number of hydrazone groups is 1. The van der Waals surface area contributed by atoms with Crippen LogP contribution in [-0.2, 0) is 4.79 Å². The molecule has 9 nitrogen and oxygen atoms in total. The lowest BCUT2D eigenvalue weighted by molar-refractivity contribution is -0.118. The summed E-state index contributed by atoms with van der Waals surface area (Å²) in [5.41, 5.74) is 8.20. The van der Waals surface area contributed by atoms with Crippen LogP contribution in [0.1, 0.15) is 21.5 Å². The summed E-state index contributed by atoms with van der Waals surface area (Å²) >= 11 is 4.98. The van der Waals surface area contributed by atoms with Crippen molar-refractivity contribution in [2.24, 2.45) is 5.10 Å². The van der Waals surface area contributed by atoms with Gasteiger partial charge in [-0.1, -0.05) is 48.0 Å². The number of amides is 2. The van der Waals surface area contributed by atoms with Gasteiger partial charge in [-0.3, -0.25) is 9.59 Å². The number of aromatic nitrogens is 1. The van der Waals surface area contributed by atoms with Gasteiger partial charge in [0.1, 0.15) is 0 Å². The van der Waals surface area contributed by atoms with Gasteiger partial charge in [0, 0.05) is 27.9 Å². The van der Waals surface area contributed by atoms with E-state index >= 15 is 0 Å². The number of ether oxygens (including phenoxy) is 2. The highest BCUT2D eigenvalue weighted by Gasteiger charge is 2.14. The van der Waals surface area contributed by atoms with Gasteiger partial charge >= 0.3 is 0 Å². The van der Waals surface area contributed by atoms with E-state index in [0.29, 0.717) is 32.8 Å². The maximum absolute atomic E-state index is 12.7. The zero-order chi connectivity index (χ0) is 30.9. The molecule has 222 valence electrons. The van der Waals surface area contributed by atoms with Crippen molar-refractivity contribution in [2.75, 3.05) is 24.4 Å². The Bertz CT molecular complexity index is 1770. The Morgan fingerprint density at radius 2 is 1.73 bits per heavy atom. The van der Waals surface area contributed by atoms with Gasteiger partial charge in [0.15, 0.2) is 23.2 Å². The summed E-state index contributed by atoms with van der Waals surface area (Å²) in [6.07, 6.45) is 1.49. The molecule has 0 atom stereocenters. The number of nitrogens with zero attached hydrogens (tertiary/aromatic N) is 2. The molecule has 2 amide bonds. The highest BCUT2D eigenvalue weighted by molar-refractivity contribution is 9.10. The first-order chi connectivity index (χ1) is 21.4. The molecule has 0 bridgehead atoms. The second-order valence-electron chi connectivity index (χ2n) is 9.54. The predicted octanol–water partition coefficient (Wildman–Crippen LogP) is 7.41. The average Bonchev–Trinajstić information content (AvgIpc) is 3.50. The summed E-state index contributed by atoms with van der Waals surface area (Å²) < 4.78 is 11.7. The van der Waals surface area contributed by atoms with Crippen molar-refractivity contribution in [2.45, 2.75) is 6.92 Å². The fourth-order valence-electron chi connectivity index (χ4n) is 4.06. The lowest BCUT2D eigenvalue weighted by atomic mass is 10.1. The van der Waals surface area contributed by atoms with Gasteiger partial charge in [-0.05, 0) is 76.9 Å². The van der Waals surface area contributed by atoms with E-state index in [9.17, 15) is 9.59 Å². The monoisotopic (exact) mass is 669 g/mol. The Morgan fingerprint density at radius 3 is 2.45 bits per heavy atom. The smallest absolute Gasteiger partial charge is 0.271 e. The van der Waals surface area contributed by atoms with Crippen LogP contribution < -0.4 is 25.5 Å². The molecule has 5 rings (SSSR count). The molecule has 0 saturated carbocycles. The minimum absolute atomic E-state index is 0.208. The van der Waals surface area contributed by atoms with Crippen LogP contribution in [0.15, 0.2) is 106 Å². The number of hydrogen-bond donors (Lipinski definition) is 3. The maximum atomic E-state index is 12.7. The lowest BCUT2D eigenvalue weighted by Crippen LogP contribution is -2.20. The number of aryl methyl sites for hydroxylation is 1. The van der Waals surface area contributed by atoms with Gasteiger partial charge in [0.05, 0.1) is 23.5 Å². The van der Waals surface area contributed by atoms with Crippen LogP contribution in [0.2, 0.25) is 0 Å². The Labute approximate surface area is 267 Å². The highest BCUT2D eigenvalue weighted by atomic mass is 79.9. The van der Waals surface area contributed by atoms with Gasteiger partial charge in [-0.2, -0.15) is 5.10 Å². The van der Waals surface area contributed by atoms with Crippen LogP contribution in [-0.4, -0.2) is 36.7 Å². The minimum Gasteiger partial charge on any atom is -0.493 e. The normalized spacial score (nSPS) is 10.8. The molecule has 0 aliphatic rings. The molecule has 1 aromatic heterocycles. The Kier molecular flexibility index (Phi) is 10.0. The van der Waals surface area contributed by atoms with Gasteiger partial charge in [-0.15, -0.1) is 11.3 Å². The Balaban J connectivity index is 1.16. The van der Waals surface area contributed by atoms with E-state index in [1.807, 2.05) is 66.9 Å². The number of benzene rings is 4. The van der Waals surface area contributed by atoms with E-state index in [1.165, 1.54) is 30.2 Å². The van der Waals surface area contributed by atoms with E-state index < -0.39 is 0 Å². The van der Waals surface area contributed by atoms with Crippen molar-refractivity contribution in [3.05, 3.63) is 118 Å². The van der Waals surface area contributed by atoms with E-state index in [1.54, 1.807) is 36.4 Å². The molecule has 3 N–H and O–H groups in total. The number of hydrogen-bond acceptors (Lipinski definition) is 8. The zero-order valence-corrected chi connectivity index (χ0v) is 26.2. The number of halogens is 1. The third-order valence-corrected chi connectivity index (χ3v) is 7.63. The van der Waals surface area contributed by atoms with E-state index in [2.05, 4.69) is 42.1 Å². The van der Waals surface area contributed by atoms with Crippen LogP contribution in [0.5, 0.6) is 11.5 Å². The number of rotatable bonds is 11. The van der Waals surface area contributed by atoms with Gasteiger partial charge < -0.3 is 20.1 Å². The molecule has 44 heavy (non-hydrogen) atoms. The summed E-state index contributed by atoms with van der Waals surface area (Å²) in [4.78, 5) is 29.6. The van der Waals surface area contributed by atoms with Crippen molar-refractivity contribution in [3.63, 3.8) is 0 Å². The second-order valence-corrected chi connectivity index (χ2v) is 11.3. The molecule has 0 fully saturated rings. The molecule has 0 spiro atoms. The Hall–Kier alpha value is -5.00. The third kappa shape index (κ3) is 8.09. The highest BCUT2D eigenvalue weighted by Crippen LogP contribution is 2.36. The quantitative estimate of drug-likeness (QED) is 0.0997. The maximum Gasteiger partial charge on any atom is 0.271 e. The SMILES string of the molecule is COc1cc(/C=N/NC(=O)c2ccc(-c3csc(Nc4ccc(C)cc4)n3)cc2)cc(Br)c1OCC(=O)Nc1ccccc1. The van der Waals surface area contributed by atoms with Crippen molar-refractivity contribution < 1.29 is 19.1 Å². The topological polar surface area (TPSA) is 114 Å². The summed E-state index contributed by atoms with van der Waals surface area (Å²) in [7, 11) is 1.50. The first-order valence-corrected chi connectivity index (χ1v) is 15.1. The van der Waals surface area contributed by atoms with E-state index in [4.69, 9.17) is 9.47 Å². The number of carbonyl (C=O) groups excluding carboxylic acids is 2. The molecule has 0 unspecified atom stereocenters. The van der Waals surface area contributed by atoms with Crippen molar-refractivity contribution in [3.8, 4) is 22.8 Å².